The lowest BCUT2D eigenvalue weighted by Gasteiger charge is -2.39. The summed E-state index contributed by atoms with van der Waals surface area (Å²) in [5.41, 5.74) is -2.47. The summed E-state index contributed by atoms with van der Waals surface area (Å²) in [6.07, 6.45) is -5.77. The SMILES string of the molecule is O=C(c1ccc(Cl)c(Cl)c1)N1CCC(O)(C(F)(F)F)CC1. The van der Waals surface area contributed by atoms with Crippen LogP contribution in [0.2, 0.25) is 10.0 Å². The molecule has 1 aromatic rings. The highest BCUT2D eigenvalue weighted by Crippen LogP contribution is 2.38. The standard InChI is InChI=1S/C13H12Cl2F3NO2/c14-9-2-1-8(7-10(9)15)11(20)19-5-3-12(21,4-6-19)13(16,17)18/h1-2,7,21H,3-6H2. The molecule has 2 rings (SSSR count). The zero-order valence-electron chi connectivity index (χ0n) is 10.8. The van der Waals surface area contributed by atoms with Crippen molar-refractivity contribution in [2.45, 2.75) is 24.6 Å². The molecule has 1 aromatic carbocycles. The maximum Gasteiger partial charge on any atom is 0.417 e. The summed E-state index contributed by atoms with van der Waals surface area (Å²) >= 11 is 11.6. The maximum absolute atomic E-state index is 12.7. The van der Waals surface area contributed by atoms with E-state index in [2.05, 4.69) is 0 Å². The summed E-state index contributed by atoms with van der Waals surface area (Å²) in [6.45, 7) is -0.343. The van der Waals surface area contributed by atoms with E-state index >= 15 is 0 Å². The molecule has 0 aromatic heterocycles. The molecule has 0 atom stereocenters. The second kappa shape index (κ2) is 5.66. The van der Waals surface area contributed by atoms with Crippen molar-refractivity contribution in [2.24, 2.45) is 0 Å². The molecular formula is C13H12Cl2F3NO2. The Morgan fingerprint density at radius 2 is 1.76 bits per heavy atom. The number of carbonyl (C=O) groups excluding carboxylic acids is 1. The third kappa shape index (κ3) is 3.27. The molecule has 1 aliphatic heterocycles. The summed E-state index contributed by atoms with van der Waals surface area (Å²) in [5.74, 6) is -0.433. The van der Waals surface area contributed by atoms with Crippen molar-refractivity contribution in [1.29, 1.82) is 0 Å². The maximum atomic E-state index is 12.7. The minimum Gasteiger partial charge on any atom is -0.380 e. The number of benzene rings is 1. The molecule has 0 spiro atoms. The minimum absolute atomic E-state index is 0.172. The lowest BCUT2D eigenvalue weighted by molar-refractivity contribution is -0.271. The van der Waals surface area contributed by atoms with Gasteiger partial charge in [0.15, 0.2) is 5.60 Å². The third-order valence-electron chi connectivity index (χ3n) is 3.57. The van der Waals surface area contributed by atoms with Crippen molar-refractivity contribution in [3.05, 3.63) is 33.8 Å². The lowest BCUT2D eigenvalue weighted by atomic mass is 9.90. The number of nitrogens with zero attached hydrogens (tertiary/aromatic N) is 1. The van der Waals surface area contributed by atoms with E-state index in [0.717, 1.165) is 0 Å². The van der Waals surface area contributed by atoms with Gasteiger partial charge in [0, 0.05) is 31.5 Å². The monoisotopic (exact) mass is 341 g/mol. The Bertz CT molecular complexity index is 555. The zero-order valence-corrected chi connectivity index (χ0v) is 12.3. The van der Waals surface area contributed by atoms with Crippen LogP contribution >= 0.6 is 23.2 Å². The highest BCUT2D eigenvalue weighted by atomic mass is 35.5. The Hall–Kier alpha value is -0.980. The van der Waals surface area contributed by atoms with E-state index in [0.29, 0.717) is 5.02 Å². The number of hydrogen-bond donors (Lipinski definition) is 1. The number of aliphatic hydroxyl groups is 1. The molecule has 0 radical (unpaired) electrons. The first-order valence-corrected chi connectivity index (χ1v) is 6.93. The van der Waals surface area contributed by atoms with Gasteiger partial charge in [0.05, 0.1) is 10.0 Å². The molecule has 1 fully saturated rings. The van der Waals surface area contributed by atoms with Crippen LogP contribution in [0, 0.1) is 0 Å². The molecule has 8 heteroatoms. The van der Waals surface area contributed by atoms with E-state index in [-0.39, 0.29) is 23.7 Å². The van der Waals surface area contributed by atoms with E-state index in [1.807, 2.05) is 0 Å². The number of carbonyl (C=O) groups is 1. The van der Waals surface area contributed by atoms with Gasteiger partial charge in [-0.05, 0) is 18.2 Å². The van der Waals surface area contributed by atoms with Gasteiger partial charge >= 0.3 is 6.18 Å². The molecule has 1 heterocycles. The molecule has 21 heavy (non-hydrogen) atoms. The number of alkyl halides is 3. The van der Waals surface area contributed by atoms with Crippen LogP contribution in [0.3, 0.4) is 0 Å². The number of likely N-dealkylation sites (tertiary alicyclic amines) is 1. The zero-order chi connectivity index (χ0) is 15.8. The molecule has 1 amide bonds. The number of hydrogen-bond acceptors (Lipinski definition) is 2. The van der Waals surface area contributed by atoms with Gasteiger partial charge in [-0.3, -0.25) is 4.79 Å². The van der Waals surface area contributed by atoms with Crippen LogP contribution in [0.5, 0.6) is 0 Å². The van der Waals surface area contributed by atoms with Crippen molar-refractivity contribution in [3.8, 4) is 0 Å². The second-order valence-corrected chi connectivity index (χ2v) is 5.76. The van der Waals surface area contributed by atoms with E-state index in [1.165, 1.54) is 23.1 Å². The van der Waals surface area contributed by atoms with Crippen molar-refractivity contribution in [1.82, 2.24) is 4.90 Å². The fraction of sp³-hybridized carbons (Fsp3) is 0.462. The molecule has 0 unspecified atom stereocenters. The van der Waals surface area contributed by atoms with Crippen molar-refractivity contribution < 1.29 is 23.1 Å². The van der Waals surface area contributed by atoms with Gasteiger partial charge in [-0.15, -0.1) is 0 Å². The van der Waals surface area contributed by atoms with Gasteiger partial charge in [-0.1, -0.05) is 23.2 Å². The topological polar surface area (TPSA) is 40.5 Å². The first kappa shape index (κ1) is 16.4. The molecule has 0 aliphatic carbocycles. The number of halogens is 5. The summed E-state index contributed by atoms with van der Waals surface area (Å²) < 4.78 is 38.1. The predicted octanol–water partition coefficient (Wildman–Crippen LogP) is 3.52. The smallest absolute Gasteiger partial charge is 0.380 e. The van der Waals surface area contributed by atoms with Crippen LogP contribution in [0.4, 0.5) is 13.2 Å². The molecule has 1 N–H and O–H groups in total. The Morgan fingerprint density at radius 3 is 2.24 bits per heavy atom. The second-order valence-electron chi connectivity index (χ2n) is 4.95. The van der Waals surface area contributed by atoms with E-state index in [9.17, 15) is 23.1 Å². The van der Waals surface area contributed by atoms with Crippen LogP contribution in [-0.2, 0) is 0 Å². The molecule has 1 aliphatic rings. The van der Waals surface area contributed by atoms with E-state index in [1.54, 1.807) is 0 Å². The summed E-state index contributed by atoms with van der Waals surface area (Å²) in [4.78, 5) is 13.4. The van der Waals surface area contributed by atoms with Gasteiger partial charge in [-0.2, -0.15) is 13.2 Å². The number of amides is 1. The van der Waals surface area contributed by atoms with Crippen LogP contribution in [0.25, 0.3) is 0 Å². The van der Waals surface area contributed by atoms with Gasteiger partial charge in [0.1, 0.15) is 0 Å². The van der Waals surface area contributed by atoms with E-state index in [4.69, 9.17) is 23.2 Å². The Kier molecular flexibility index (Phi) is 4.42. The van der Waals surface area contributed by atoms with Gasteiger partial charge in [0.25, 0.3) is 5.91 Å². The van der Waals surface area contributed by atoms with Crippen LogP contribution in [0.15, 0.2) is 18.2 Å². The summed E-state index contributed by atoms with van der Waals surface area (Å²) in [5, 5.41) is 10.0. The van der Waals surface area contributed by atoms with Crippen molar-refractivity contribution in [2.75, 3.05) is 13.1 Å². The molecule has 0 bridgehead atoms. The van der Waals surface area contributed by atoms with Gasteiger partial charge in [-0.25, -0.2) is 0 Å². The first-order valence-electron chi connectivity index (χ1n) is 6.17. The highest BCUT2D eigenvalue weighted by molar-refractivity contribution is 6.42. The van der Waals surface area contributed by atoms with E-state index < -0.39 is 30.5 Å². The molecule has 116 valence electrons. The van der Waals surface area contributed by atoms with Gasteiger partial charge in [0.2, 0.25) is 0 Å². The normalized spacial score (nSPS) is 18.7. The molecule has 0 saturated carbocycles. The molecule has 3 nitrogen and oxygen atoms in total. The fourth-order valence-corrected chi connectivity index (χ4v) is 2.47. The van der Waals surface area contributed by atoms with Crippen molar-refractivity contribution >= 4 is 29.1 Å². The largest absolute Gasteiger partial charge is 0.417 e. The average molecular weight is 342 g/mol. The Balaban J connectivity index is 2.08. The van der Waals surface area contributed by atoms with Crippen molar-refractivity contribution in [3.63, 3.8) is 0 Å². The predicted molar refractivity (Wildman–Crippen MR) is 72.6 cm³/mol. The van der Waals surface area contributed by atoms with Crippen LogP contribution in [0.1, 0.15) is 23.2 Å². The Morgan fingerprint density at radius 1 is 1.19 bits per heavy atom. The summed E-state index contributed by atoms with van der Waals surface area (Å²) in [6, 6.07) is 4.28. The summed E-state index contributed by atoms with van der Waals surface area (Å²) in [7, 11) is 0. The number of rotatable bonds is 1. The quantitative estimate of drug-likeness (QED) is 0.848. The lowest BCUT2D eigenvalue weighted by Crippen LogP contribution is -2.54. The minimum atomic E-state index is -4.69. The molecule has 1 saturated heterocycles. The third-order valence-corrected chi connectivity index (χ3v) is 4.31. The highest BCUT2D eigenvalue weighted by Gasteiger charge is 2.54. The first-order chi connectivity index (χ1) is 9.64. The average Bonchev–Trinajstić information content (AvgIpc) is 2.41. The van der Waals surface area contributed by atoms with Crippen LogP contribution < -0.4 is 0 Å². The molecular weight excluding hydrogens is 330 g/mol. The van der Waals surface area contributed by atoms with Gasteiger partial charge < -0.3 is 10.0 Å². The number of piperidine rings is 1. The van der Waals surface area contributed by atoms with Crippen LogP contribution in [-0.4, -0.2) is 40.8 Å². The Labute approximate surface area is 129 Å². The fourth-order valence-electron chi connectivity index (χ4n) is 2.17.